The number of nitrogens with zero attached hydrogens (tertiary/aromatic N) is 2. The molecule has 9 heteroatoms. The van der Waals surface area contributed by atoms with E-state index in [-0.39, 0.29) is 17.9 Å². The van der Waals surface area contributed by atoms with Crippen molar-refractivity contribution in [3.05, 3.63) is 64.4 Å². The molecular formula is C19H18N4O4S. The standard InChI is InChI=1S/C19H18N4O4S/c1-27-13-8-6-12(7-9-13)10-23-17(25)14-4-2-3-5-15(14)21-19(23)28-11-16(24)22-18(20)26/h2-9H,10-11H2,1H3,(H3,20,22,24,26). The molecule has 0 aliphatic rings. The number of hydrogen-bond acceptors (Lipinski definition) is 6. The van der Waals surface area contributed by atoms with E-state index in [4.69, 9.17) is 10.5 Å². The molecule has 0 fully saturated rings. The molecule has 2 aromatic carbocycles. The highest BCUT2D eigenvalue weighted by Crippen LogP contribution is 2.19. The number of carbonyl (C=O) groups is 2. The molecule has 3 amide bonds. The Morgan fingerprint density at radius 2 is 1.89 bits per heavy atom. The van der Waals surface area contributed by atoms with Crippen molar-refractivity contribution in [2.45, 2.75) is 11.7 Å². The van der Waals surface area contributed by atoms with E-state index in [1.54, 1.807) is 31.4 Å². The number of methoxy groups -OCH3 is 1. The topological polar surface area (TPSA) is 116 Å². The van der Waals surface area contributed by atoms with Crippen LogP contribution in [0.3, 0.4) is 0 Å². The first kappa shape index (κ1) is 19.4. The minimum atomic E-state index is -0.923. The summed E-state index contributed by atoms with van der Waals surface area (Å²) < 4.78 is 6.66. The van der Waals surface area contributed by atoms with Crippen molar-refractivity contribution in [1.82, 2.24) is 14.9 Å². The second kappa shape index (κ2) is 8.57. The summed E-state index contributed by atoms with van der Waals surface area (Å²) in [5.74, 6) is 0.0532. The molecule has 0 radical (unpaired) electrons. The number of imide groups is 1. The van der Waals surface area contributed by atoms with Crippen molar-refractivity contribution in [3.63, 3.8) is 0 Å². The third kappa shape index (κ3) is 4.49. The predicted octanol–water partition coefficient (Wildman–Crippen LogP) is 1.74. The van der Waals surface area contributed by atoms with Crippen LogP contribution in [-0.2, 0) is 11.3 Å². The molecule has 0 unspecified atom stereocenters. The van der Waals surface area contributed by atoms with Gasteiger partial charge in [-0.15, -0.1) is 0 Å². The first-order valence-electron chi connectivity index (χ1n) is 8.32. The Labute approximate surface area is 164 Å². The summed E-state index contributed by atoms with van der Waals surface area (Å²) in [6, 6.07) is 13.4. The SMILES string of the molecule is COc1ccc(Cn2c(SCC(=O)NC(N)=O)nc3ccccc3c2=O)cc1. The Kier molecular flexibility index (Phi) is 5.95. The van der Waals surface area contributed by atoms with Gasteiger partial charge in [0.1, 0.15) is 5.75 Å². The molecule has 3 N–H and O–H groups in total. The molecule has 0 bridgehead atoms. The molecule has 0 aliphatic carbocycles. The summed E-state index contributed by atoms with van der Waals surface area (Å²) in [4.78, 5) is 40.1. The van der Waals surface area contributed by atoms with Crippen LogP contribution in [0.5, 0.6) is 5.75 Å². The van der Waals surface area contributed by atoms with Crippen LogP contribution >= 0.6 is 11.8 Å². The van der Waals surface area contributed by atoms with Gasteiger partial charge in [-0.1, -0.05) is 36.0 Å². The van der Waals surface area contributed by atoms with Crippen LogP contribution in [0.15, 0.2) is 58.5 Å². The number of carbonyl (C=O) groups excluding carboxylic acids is 2. The maximum Gasteiger partial charge on any atom is 0.318 e. The Morgan fingerprint density at radius 3 is 2.57 bits per heavy atom. The number of para-hydroxylation sites is 1. The van der Waals surface area contributed by atoms with E-state index >= 15 is 0 Å². The van der Waals surface area contributed by atoms with E-state index < -0.39 is 11.9 Å². The van der Waals surface area contributed by atoms with Crippen LogP contribution in [0.2, 0.25) is 0 Å². The molecule has 1 aromatic heterocycles. The number of urea groups is 1. The number of nitrogens with two attached hydrogens (primary N) is 1. The quantitative estimate of drug-likeness (QED) is 0.483. The third-order valence-electron chi connectivity index (χ3n) is 3.92. The molecule has 3 aromatic rings. The van der Waals surface area contributed by atoms with Crippen LogP contribution in [-0.4, -0.2) is 34.4 Å². The van der Waals surface area contributed by atoms with E-state index in [9.17, 15) is 14.4 Å². The van der Waals surface area contributed by atoms with Crippen LogP contribution < -0.4 is 21.3 Å². The fourth-order valence-electron chi connectivity index (χ4n) is 2.61. The zero-order valence-electron chi connectivity index (χ0n) is 15.0. The molecule has 0 saturated carbocycles. The number of fused-ring (bicyclic) bond motifs is 1. The Hall–Kier alpha value is -3.33. The van der Waals surface area contributed by atoms with Gasteiger partial charge in [0.15, 0.2) is 5.16 Å². The van der Waals surface area contributed by atoms with Crippen molar-refractivity contribution >= 4 is 34.6 Å². The number of ether oxygens (including phenoxy) is 1. The van der Waals surface area contributed by atoms with Gasteiger partial charge in [-0.05, 0) is 29.8 Å². The summed E-state index contributed by atoms with van der Waals surface area (Å²) in [6.45, 7) is 0.278. The maximum atomic E-state index is 13.0. The van der Waals surface area contributed by atoms with Crippen molar-refractivity contribution < 1.29 is 14.3 Å². The van der Waals surface area contributed by atoms with Crippen molar-refractivity contribution in [2.75, 3.05) is 12.9 Å². The minimum Gasteiger partial charge on any atom is -0.497 e. The highest BCUT2D eigenvalue weighted by atomic mass is 32.2. The molecule has 0 saturated heterocycles. The molecule has 0 aliphatic heterocycles. The van der Waals surface area contributed by atoms with Crippen LogP contribution in [0.1, 0.15) is 5.56 Å². The Morgan fingerprint density at radius 1 is 1.18 bits per heavy atom. The first-order chi connectivity index (χ1) is 13.5. The molecule has 8 nitrogen and oxygen atoms in total. The maximum absolute atomic E-state index is 13.0. The van der Waals surface area contributed by atoms with E-state index in [2.05, 4.69) is 4.98 Å². The number of benzene rings is 2. The highest BCUT2D eigenvalue weighted by Gasteiger charge is 2.14. The van der Waals surface area contributed by atoms with Gasteiger partial charge >= 0.3 is 6.03 Å². The van der Waals surface area contributed by atoms with Crippen molar-refractivity contribution in [2.24, 2.45) is 5.73 Å². The summed E-state index contributed by atoms with van der Waals surface area (Å²) in [5, 5.41) is 2.86. The lowest BCUT2D eigenvalue weighted by Gasteiger charge is -2.13. The van der Waals surface area contributed by atoms with Gasteiger partial charge in [0, 0.05) is 0 Å². The lowest BCUT2D eigenvalue weighted by molar-refractivity contribution is -0.117. The zero-order chi connectivity index (χ0) is 20.1. The normalized spacial score (nSPS) is 10.6. The number of primary amides is 1. The summed E-state index contributed by atoms with van der Waals surface area (Å²) in [6.07, 6.45) is 0. The number of hydrogen-bond donors (Lipinski definition) is 2. The summed E-state index contributed by atoms with van der Waals surface area (Å²) in [5.41, 5.74) is 6.16. The van der Waals surface area contributed by atoms with Crippen LogP contribution in [0.25, 0.3) is 10.9 Å². The van der Waals surface area contributed by atoms with Gasteiger partial charge in [-0.3, -0.25) is 19.5 Å². The third-order valence-corrected chi connectivity index (χ3v) is 4.90. The molecular weight excluding hydrogens is 380 g/mol. The number of rotatable bonds is 6. The number of amides is 3. The fraction of sp³-hybridized carbons (Fsp3) is 0.158. The first-order valence-corrected chi connectivity index (χ1v) is 9.31. The van der Waals surface area contributed by atoms with Crippen LogP contribution in [0.4, 0.5) is 4.79 Å². The Balaban J connectivity index is 1.97. The smallest absolute Gasteiger partial charge is 0.318 e. The van der Waals surface area contributed by atoms with Crippen molar-refractivity contribution in [1.29, 1.82) is 0 Å². The van der Waals surface area contributed by atoms with Gasteiger partial charge < -0.3 is 10.5 Å². The van der Waals surface area contributed by atoms with Gasteiger partial charge in [-0.2, -0.15) is 0 Å². The fourth-order valence-corrected chi connectivity index (χ4v) is 3.41. The molecule has 28 heavy (non-hydrogen) atoms. The van der Waals surface area contributed by atoms with E-state index in [0.717, 1.165) is 17.3 Å². The molecule has 0 atom stereocenters. The predicted molar refractivity (Wildman–Crippen MR) is 107 cm³/mol. The number of nitrogens with one attached hydrogen (secondary N) is 1. The lowest BCUT2D eigenvalue weighted by Crippen LogP contribution is -2.36. The average Bonchev–Trinajstić information content (AvgIpc) is 2.69. The molecule has 0 spiro atoms. The van der Waals surface area contributed by atoms with Crippen molar-refractivity contribution in [3.8, 4) is 5.75 Å². The average molecular weight is 398 g/mol. The zero-order valence-corrected chi connectivity index (χ0v) is 15.9. The van der Waals surface area contributed by atoms with E-state index in [1.165, 1.54) is 4.57 Å². The Bertz CT molecular complexity index is 1080. The number of aromatic nitrogens is 2. The summed E-state index contributed by atoms with van der Waals surface area (Å²) in [7, 11) is 1.58. The van der Waals surface area contributed by atoms with E-state index in [0.29, 0.717) is 21.8 Å². The summed E-state index contributed by atoms with van der Waals surface area (Å²) >= 11 is 1.06. The van der Waals surface area contributed by atoms with E-state index in [1.807, 2.05) is 29.6 Å². The van der Waals surface area contributed by atoms with Gasteiger partial charge in [0.25, 0.3) is 5.56 Å². The molecule has 1 heterocycles. The lowest BCUT2D eigenvalue weighted by atomic mass is 10.2. The minimum absolute atomic E-state index is 0.101. The number of thioether (sulfide) groups is 1. The monoisotopic (exact) mass is 398 g/mol. The molecule has 3 rings (SSSR count). The highest BCUT2D eigenvalue weighted by molar-refractivity contribution is 7.99. The second-order valence-corrected chi connectivity index (χ2v) is 6.79. The van der Waals surface area contributed by atoms with Crippen LogP contribution in [0, 0.1) is 0 Å². The largest absolute Gasteiger partial charge is 0.497 e. The second-order valence-electron chi connectivity index (χ2n) is 5.85. The van der Waals surface area contributed by atoms with Gasteiger partial charge in [-0.25, -0.2) is 9.78 Å². The van der Waals surface area contributed by atoms with Gasteiger partial charge in [0.05, 0.1) is 30.3 Å². The molecule has 144 valence electrons. The van der Waals surface area contributed by atoms with Gasteiger partial charge in [0.2, 0.25) is 5.91 Å².